The maximum absolute atomic E-state index is 6.07. The van der Waals surface area contributed by atoms with E-state index in [0.29, 0.717) is 6.10 Å². The van der Waals surface area contributed by atoms with Crippen LogP contribution in [0.1, 0.15) is 42.5 Å². The van der Waals surface area contributed by atoms with Crippen molar-refractivity contribution in [2.75, 3.05) is 31.1 Å². The van der Waals surface area contributed by atoms with E-state index in [9.17, 15) is 0 Å². The molecule has 2 aliphatic rings. The molecular weight excluding hydrogens is 336 g/mol. The van der Waals surface area contributed by atoms with Crippen LogP contribution in [0, 0.1) is 13.8 Å². The molecule has 0 N–H and O–H groups in total. The number of aromatic nitrogens is 2. The predicted molar refractivity (Wildman–Crippen MR) is 108 cm³/mol. The van der Waals surface area contributed by atoms with E-state index in [1.165, 1.54) is 36.8 Å². The van der Waals surface area contributed by atoms with Crippen LogP contribution in [0.3, 0.4) is 0 Å². The smallest absolute Gasteiger partial charge is 0.135 e. The van der Waals surface area contributed by atoms with Gasteiger partial charge in [-0.15, -0.1) is 0 Å². The van der Waals surface area contributed by atoms with Gasteiger partial charge in [-0.1, -0.05) is 12.1 Å². The molecule has 5 heteroatoms. The number of hydrogen-bond acceptors (Lipinski definition) is 5. The van der Waals surface area contributed by atoms with Crippen LogP contribution in [0.15, 0.2) is 30.6 Å². The summed E-state index contributed by atoms with van der Waals surface area (Å²) < 4.78 is 6.07. The minimum atomic E-state index is 0.429. The van der Waals surface area contributed by atoms with Gasteiger partial charge in [-0.25, -0.2) is 9.97 Å². The van der Waals surface area contributed by atoms with Crippen molar-refractivity contribution in [3.8, 4) is 5.75 Å². The Bertz CT molecular complexity index is 747. The van der Waals surface area contributed by atoms with E-state index in [2.05, 4.69) is 57.9 Å². The van der Waals surface area contributed by atoms with Gasteiger partial charge in [-0.05, 0) is 57.2 Å². The van der Waals surface area contributed by atoms with Crippen LogP contribution < -0.4 is 9.64 Å². The van der Waals surface area contributed by atoms with Crippen molar-refractivity contribution in [1.82, 2.24) is 14.9 Å². The van der Waals surface area contributed by atoms with Gasteiger partial charge in [0.05, 0.1) is 6.10 Å². The summed E-state index contributed by atoms with van der Waals surface area (Å²) in [6, 6.07) is 8.71. The van der Waals surface area contributed by atoms with Gasteiger partial charge in [0.15, 0.2) is 0 Å². The van der Waals surface area contributed by atoms with Crippen molar-refractivity contribution in [1.29, 1.82) is 0 Å². The molecule has 1 saturated carbocycles. The molecule has 0 bridgehead atoms. The number of rotatable bonds is 5. The molecule has 2 aromatic rings. The summed E-state index contributed by atoms with van der Waals surface area (Å²) in [5, 5.41) is 0. The Kier molecular flexibility index (Phi) is 5.58. The molecule has 5 nitrogen and oxygen atoms in total. The highest BCUT2D eigenvalue weighted by molar-refractivity contribution is 5.47. The highest BCUT2D eigenvalue weighted by Crippen LogP contribution is 2.25. The second kappa shape index (κ2) is 8.26. The minimum absolute atomic E-state index is 0.429. The average Bonchev–Trinajstić information content (AvgIpc) is 3.19. The van der Waals surface area contributed by atoms with Gasteiger partial charge < -0.3 is 9.64 Å². The lowest BCUT2D eigenvalue weighted by Crippen LogP contribution is -2.46. The fourth-order valence-corrected chi connectivity index (χ4v) is 4.09. The summed E-state index contributed by atoms with van der Waals surface area (Å²) in [6.07, 6.45) is 7.14. The lowest BCUT2D eigenvalue weighted by atomic mass is 10.1. The lowest BCUT2D eigenvalue weighted by Gasteiger charge is -2.36. The molecule has 144 valence electrons. The van der Waals surface area contributed by atoms with Crippen LogP contribution in [0.5, 0.6) is 5.75 Å². The molecule has 27 heavy (non-hydrogen) atoms. The summed E-state index contributed by atoms with van der Waals surface area (Å²) >= 11 is 0. The maximum atomic E-state index is 6.07. The molecule has 1 aliphatic heterocycles. The Balaban J connectivity index is 1.29. The van der Waals surface area contributed by atoms with E-state index >= 15 is 0 Å². The number of benzene rings is 1. The SMILES string of the molecule is Cc1ncnc(N2CCN(Cc3ccc(OC4CCCC4)cc3)CC2)c1C. The van der Waals surface area contributed by atoms with Crippen LogP contribution in [0.25, 0.3) is 0 Å². The van der Waals surface area contributed by atoms with Gasteiger partial charge in [0.1, 0.15) is 17.9 Å². The Morgan fingerprint density at radius 2 is 1.67 bits per heavy atom. The summed E-state index contributed by atoms with van der Waals surface area (Å²) in [6.45, 7) is 9.31. The van der Waals surface area contributed by atoms with Gasteiger partial charge in [-0.2, -0.15) is 0 Å². The van der Waals surface area contributed by atoms with Crippen molar-refractivity contribution in [2.24, 2.45) is 0 Å². The van der Waals surface area contributed by atoms with E-state index in [1.807, 2.05) is 0 Å². The molecule has 0 spiro atoms. The van der Waals surface area contributed by atoms with Crippen molar-refractivity contribution in [3.05, 3.63) is 47.4 Å². The number of anilines is 1. The minimum Gasteiger partial charge on any atom is -0.490 e. The fourth-order valence-electron chi connectivity index (χ4n) is 4.09. The lowest BCUT2D eigenvalue weighted by molar-refractivity contribution is 0.209. The third kappa shape index (κ3) is 4.41. The van der Waals surface area contributed by atoms with Crippen molar-refractivity contribution in [2.45, 2.75) is 52.2 Å². The van der Waals surface area contributed by atoms with Gasteiger partial charge in [-0.3, -0.25) is 4.90 Å². The predicted octanol–water partition coefficient (Wildman–Crippen LogP) is 3.74. The summed E-state index contributed by atoms with van der Waals surface area (Å²) in [7, 11) is 0. The topological polar surface area (TPSA) is 41.5 Å². The summed E-state index contributed by atoms with van der Waals surface area (Å²) in [4.78, 5) is 13.7. The number of hydrogen-bond donors (Lipinski definition) is 0. The third-order valence-corrected chi connectivity index (χ3v) is 5.92. The first-order chi connectivity index (χ1) is 13.2. The van der Waals surface area contributed by atoms with E-state index in [-0.39, 0.29) is 0 Å². The molecule has 0 amide bonds. The van der Waals surface area contributed by atoms with Crippen LogP contribution in [0.4, 0.5) is 5.82 Å². The maximum Gasteiger partial charge on any atom is 0.135 e. The van der Waals surface area contributed by atoms with Gasteiger partial charge in [0.25, 0.3) is 0 Å². The van der Waals surface area contributed by atoms with Crippen molar-refractivity contribution >= 4 is 5.82 Å². The Morgan fingerprint density at radius 1 is 0.963 bits per heavy atom. The molecule has 1 saturated heterocycles. The first-order valence-corrected chi connectivity index (χ1v) is 10.2. The largest absolute Gasteiger partial charge is 0.490 e. The number of nitrogens with zero attached hydrogens (tertiary/aromatic N) is 4. The van der Waals surface area contributed by atoms with Crippen LogP contribution in [-0.4, -0.2) is 47.2 Å². The standard InChI is InChI=1S/C22H30N4O/c1-17-18(2)23-16-24-22(17)26-13-11-25(12-14-26)15-19-7-9-21(10-8-19)27-20-5-3-4-6-20/h7-10,16,20H,3-6,11-15H2,1-2H3. The number of piperazine rings is 1. The first-order valence-electron chi connectivity index (χ1n) is 10.2. The molecule has 2 heterocycles. The quantitative estimate of drug-likeness (QED) is 0.806. The third-order valence-electron chi connectivity index (χ3n) is 5.92. The molecular formula is C22H30N4O. The highest BCUT2D eigenvalue weighted by Gasteiger charge is 2.20. The fraction of sp³-hybridized carbons (Fsp3) is 0.545. The van der Waals surface area contributed by atoms with Gasteiger partial charge >= 0.3 is 0 Å². The Hall–Kier alpha value is -2.14. The molecule has 1 aromatic heterocycles. The van der Waals surface area contributed by atoms with E-state index < -0.39 is 0 Å². The second-order valence-electron chi connectivity index (χ2n) is 7.84. The first kappa shape index (κ1) is 18.2. The van der Waals surface area contributed by atoms with E-state index in [0.717, 1.165) is 50.0 Å². The van der Waals surface area contributed by atoms with E-state index in [1.54, 1.807) is 6.33 Å². The van der Waals surface area contributed by atoms with Crippen LogP contribution in [-0.2, 0) is 6.54 Å². The second-order valence-corrected chi connectivity index (χ2v) is 7.84. The Morgan fingerprint density at radius 3 is 2.37 bits per heavy atom. The molecule has 1 aromatic carbocycles. The summed E-state index contributed by atoms with van der Waals surface area (Å²) in [5.41, 5.74) is 3.63. The monoisotopic (exact) mass is 366 g/mol. The normalized spacial score (nSPS) is 18.8. The van der Waals surface area contributed by atoms with Gasteiger partial charge in [0.2, 0.25) is 0 Å². The zero-order valence-electron chi connectivity index (χ0n) is 16.5. The van der Waals surface area contributed by atoms with Crippen molar-refractivity contribution < 1.29 is 4.74 Å². The molecule has 0 radical (unpaired) electrons. The molecule has 1 aliphatic carbocycles. The molecule has 0 unspecified atom stereocenters. The van der Waals surface area contributed by atoms with Crippen LogP contribution >= 0.6 is 0 Å². The number of ether oxygens (including phenoxy) is 1. The zero-order valence-corrected chi connectivity index (χ0v) is 16.5. The van der Waals surface area contributed by atoms with Crippen LogP contribution in [0.2, 0.25) is 0 Å². The number of aryl methyl sites for hydroxylation is 1. The average molecular weight is 367 g/mol. The zero-order chi connectivity index (χ0) is 18.6. The van der Waals surface area contributed by atoms with E-state index in [4.69, 9.17) is 4.74 Å². The molecule has 2 fully saturated rings. The Labute approximate surface area is 162 Å². The van der Waals surface area contributed by atoms with Gasteiger partial charge in [0, 0.05) is 44.0 Å². The molecule has 4 rings (SSSR count). The molecule has 0 atom stereocenters. The summed E-state index contributed by atoms with van der Waals surface area (Å²) in [5.74, 6) is 2.11. The van der Waals surface area contributed by atoms with Crippen molar-refractivity contribution in [3.63, 3.8) is 0 Å². The highest BCUT2D eigenvalue weighted by atomic mass is 16.5.